The van der Waals surface area contributed by atoms with E-state index in [4.69, 9.17) is 16.7 Å². The van der Waals surface area contributed by atoms with E-state index in [1.165, 1.54) is 4.90 Å². The molecule has 1 aliphatic carbocycles. The van der Waals surface area contributed by atoms with Gasteiger partial charge in [-0.2, -0.15) is 5.10 Å². The Morgan fingerprint density at radius 2 is 1.95 bits per heavy atom. The molecule has 2 aliphatic rings. The van der Waals surface area contributed by atoms with Gasteiger partial charge in [-0.25, -0.2) is 4.90 Å². The normalized spacial score (nSPS) is 22.9. The average molecular weight is 558 g/mol. The van der Waals surface area contributed by atoms with Crippen molar-refractivity contribution in [1.29, 1.82) is 0 Å². The summed E-state index contributed by atoms with van der Waals surface area (Å²) in [4.78, 5) is 30.6. The molecule has 3 heterocycles. The van der Waals surface area contributed by atoms with E-state index in [-0.39, 0.29) is 23.5 Å². The monoisotopic (exact) mass is 557 g/mol. The van der Waals surface area contributed by atoms with Crippen LogP contribution in [0.4, 0.5) is 5.82 Å². The van der Waals surface area contributed by atoms with E-state index in [2.05, 4.69) is 6.58 Å². The van der Waals surface area contributed by atoms with Crippen molar-refractivity contribution in [2.75, 3.05) is 4.90 Å². The minimum absolute atomic E-state index is 0.192. The minimum atomic E-state index is -1.02. The molecule has 1 saturated heterocycles. The standard InChI is InChI=1S/C31H28ClN3O3S/c1-6-18-7-10-22-29(37)35(30(38)31(22,4)27(18)19-8-11-24(36)16(2)13-19)26-15-23(33-34(26)5)28-17(3)21-14-20(32)9-12-25(21)39-28/h6-9,11-15,22,27,36H,1,10H2,2-5H3/t22-,27+,31+/m0/s1. The van der Waals surface area contributed by atoms with Crippen LogP contribution in [0.3, 0.4) is 0 Å². The molecule has 0 unspecified atom stereocenters. The Balaban J connectivity index is 1.45. The van der Waals surface area contributed by atoms with E-state index < -0.39 is 11.3 Å². The highest BCUT2D eigenvalue weighted by Gasteiger charge is 2.62. The van der Waals surface area contributed by atoms with Gasteiger partial charge in [0.2, 0.25) is 11.8 Å². The van der Waals surface area contributed by atoms with Gasteiger partial charge in [-0.3, -0.25) is 14.3 Å². The van der Waals surface area contributed by atoms with Gasteiger partial charge in [0.25, 0.3) is 0 Å². The maximum absolute atomic E-state index is 14.4. The molecule has 0 spiro atoms. The Labute approximate surface area is 235 Å². The lowest BCUT2D eigenvalue weighted by molar-refractivity contribution is -0.127. The molecule has 1 aliphatic heterocycles. The predicted octanol–water partition coefficient (Wildman–Crippen LogP) is 7.07. The van der Waals surface area contributed by atoms with Crippen LogP contribution in [-0.2, 0) is 16.6 Å². The number of anilines is 1. The van der Waals surface area contributed by atoms with Gasteiger partial charge >= 0.3 is 0 Å². The molecule has 4 aromatic rings. The number of phenols is 1. The Morgan fingerprint density at radius 1 is 1.18 bits per heavy atom. The van der Waals surface area contributed by atoms with Gasteiger partial charge in [0.15, 0.2) is 0 Å². The summed E-state index contributed by atoms with van der Waals surface area (Å²) in [6, 6.07) is 13.0. The summed E-state index contributed by atoms with van der Waals surface area (Å²) in [5, 5.41) is 16.6. The van der Waals surface area contributed by atoms with E-state index in [1.54, 1.807) is 35.2 Å². The van der Waals surface area contributed by atoms with Crippen molar-refractivity contribution in [3.63, 3.8) is 0 Å². The van der Waals surface area contributed by atoms with Crippen molar-refractivity contribution in [3.8, 4) is 16.3 Å². The fourth-order valence-corrected chi connectivity index (χ4v) is 7.64. The number of carbonyl (C=O) groups excluding carboxylic acids is 2. The van der Waals surface area contributed by atoms with Gasteiger partial charge < -0.3 is 5.11 Å². The first-order chi connectivity index (χ1) is 18.6. The number of aromatic hydroxyl groups is 1. The second-order valence-electron chi connectivity index (χ2n) is 10.6. The van der Waals surface area contributed by atoms with Crippen molar-refractivity contribution >= 4 is 50.7 Å². The number of thiophene rings is 1. The fourth-order valence-electron chi connectivity index (χ4n) is 6.32. The first-order valence-corrected chi connectivity index (χ1v) is 14.0. The van der Waals surface area contributed by atoms with Gasteiger partial charge in [-0.05, 0) is 79.1 Å². The van der Waals surface area contributed by atoms with Gasteiger partial charge in [0, 0.05) is 28.8 Å². The average Bonchev–Trinajstić information content (AvgIpc) is 3.50. The molecule has 39 heavy (non-hydrogen) atoms. The molecule has 1 N–H and O–H groups in total. The summed E-state index contributed by atoms with van der Waals surface area (Å²) in [7, 11) is 1.76. The highest BCUT2D eigenvalue weighted by molar-refractivity contribution is 7.22. The number of nitrogens with zero attached hydrogens (tertiary/aromatic N) is 3. The first kappa shape index (κ1) is 25.6. The summed E-state index contributed by atoms with van der Waals surface area (Å²) in [5.74, 6) is -0.744. The molecule has 3 atom stereocenters. The molecule has 2 aromatic carbocycles. The third-order valence-corrected chi connectivity index (χ3v) is 9.96. The van der Waals surface area contributed by atoms with Crippen LogP contribution in [0.25, 0.3) is 20.7 Å². The quantitative estimate of drug-likeness (QED) is 0.272. The van der Waals surface area contributed by atoms with Gasteiger partial charge in [0.1, 0.15) is 17.3 Å². The third-order valence-electron chi connectivity index (χ3n) is 8.43. The number of amides is 2. The fraction of sp³-hybridized carbons (Fsp3) is 0.258. The number of phenolic OH excluding ortho intramolecular Hbond substituents is 1. The van der Waals surface area contributed by atoms with Crippen LogP contribution in [0.1, 0.15) is 36.0 Å². The van der Waals surface area contributed by atoms with Crippen LogP contribution in [0.15, 0.2) is 66.8 Å². The predicted molar refractivity (Wildman–Crippen MR) is 156 cm³/mol. The highest BCUT2D eigenvalue weighted by atomic mass is 35.5. The lowest BCUT2D eigenvalue weighted by atomic mass is 9.60. The highest BCUT2D eigenvalue weighted by Crippen LogP contribution is 2.57. The van der Waals surface area contributed by atoms with Crippen LogP contribution in [0.5, 0.6) is 5.75 Å². The number of carbonyl (C=O) groups is 2. The zero-order valence-corrected chi connectivity index (χ0v) is 23.7. The van der Waals surface area contributed by atoms with Crippen LogP contribution in [-0.4, -0.2) is 26.7 Å². The van der Waals surface area contributed by atoms with Gasteiger partial charge in [-0.1, -0.05) is 42.5 Å². The number of aryl methyl sites for hydroxylation is 3. The smallest absolute Gasteiger partial charge is 0.242 e. The van der Waals surface area contributed by atoms with Crippen molar-refractivity contribution in [3.05, 3.63) is 88.5 Å². The lowest BCUT2D eigenvalue weighted by Gasteiger charge is -2.40. The number of hydrogen-bond donors (Lipinski definition) is 1. The Hall–Kier alpha value is -3.68. The summed E-state index contributed by atoms with van der Waals surface area (Å²) in [5.41, 5.74) is 3.24. The number of halogens is 1. The van der Waals surface area contributed by atoms with Crippen molar-refractivity contribution in [2.45, 2.75) is 33.1 Å². The topological polar surface area (TPSA) is 75.4 Å². The lowest BCUT2D eigenvalue weighted by Crippen LogP contribution is -2.42. The number of aromatic nitrogens is 2. The number of fused-ring (bicyclic) bond motifs is 2. The molecule has 6 nitrogen and oxygen atoms in total. The van der Waals surface area contributed by atoms with Crippen LogP contribution < -0.4 is 4.90 Å². The number of benzene rings is 2. The Morgan fingerprint density at radius 3 is 2.67 bits per heavy atom. The van der Waals surface area contributed by atoms with E-state index in [1.807, 2.05) is 63.2 Å². The van der Waals surface area contributed by atoms with E-state index >= 15 is 0 Å². The molecule has 198 valence electrons. The maximum atomic E-state index is 14.4. The zero-order valence-electron chi connectivity index (χ0n) is 22.2. The van der Waals surface area contributed by atoms with E-state index in [0.717, 1.165) is 31.7 Å². The Kier molecular flexibility index (Phi) is 5.86. The first-order valence-electron chi connectivity index (χ1n) is 12.8. The summed E-state index contributed by atoms with van der Waals surface area (Å²) in [6.07, 6.45) is 4.24. The summed E-state index contributed by atoms with van der Waals surface area (Å²) in [6.45, 7) is 9.75. The molecular formula is C31H28ClN3O3S. The van der Waals surface area contributed by atoms with Gasteiger partial charge in [-0.15, -0.1) is 11.3 Å². The zero-order chi connectivity index (χ0) is 27.8. The number of allylic oxidation sites excluding steroid dienone is 3. The van der Waals surface area contributed by atoms with Crippen molar-refractivity contribution in [1.82, 2.24) is 9.78 Å². The molecule has 0 saturated carbocycles. The Bertz CT molecular complexity index is 1750. The van der Waals surface area contributed by atoms with E-state index in [9.17, 15) is 14.7 Å². The minimum Gasteiger partial charge on any atom is -0.508 e. The van der Waals surface area contributed by atoms with E-state index in [0.29, 0.717) is 28.5 Å². The molecule has 0 radical (unpaired) electrons. The second-order valence-corrected chi connectivity index (χ2v) is 12.1. The van der Waals surface area contributed by atoms with Crippen LogP contribution in [0, 0.1) is 25.2 Å². The SMILES string of the molecule is C=CC1=CC[C@H]2C(=O)N(c3cc(-c4sc5ccc(Cl)cc5c4C)nn3C)C(=O)[C@@]2(C)[C@H]1c1ccc(O)c(C)c1. The van der Waals surface area contributed by atoms with Crippen molar-refractivity contribution in [2.24, 2.45) is 18.4 Å². The molecule has 6 rings (SSSR count). The molecular weight excluding hydrogens is 530 g/mol. The van der Waals surface area contributed by atoms with Crippen molar-refractivity contribution < 1.29 is 14.7 Å². The molecule has 2 aromatic heterocycles. The van der Waals surface area contributed by atoms with Crippen LogP contribution in [0.2, 0.25) is 5.02 Å². The van der Waals surface area contributed by atoms with Gasteiger partial charge in [0.05, 0.1) is 16.2 Å². The molecule has 1 fully saturated rings. The maximum Gasteiger partial charge on any atom is 0.242 e. The van der Waals surface area contributed by atoms with Crippen LogP contribution >= 0.6 is 22.9 Å². The molecule has 0 bridgehead atoms. The summed E-state index contributed by atoms with van der Waals surface area (Å²) >= 11 is 7.85. The number of rotatable bonds is 4. The molecule has 2 amide bonds. The number of imide groups is 1. The second kappa shape index (κ2) is 8.93. The largest absolute Gasteiger partial charge is 0.508 e. The number of hydrogen-bond acceptors (Lipinski definition) is 5. The third kappa shape index (κ3) is 3.63. The molecule has 8 heteroatoms. The summed E-state index contributed by atoms with van der Waals surface area (Å²) < 4.78 is 2.71.